The van der Waals surface area contributed by atoms with E-state index in [0.717, 1.165) is 10.0 Å². The lowest BCUT2D eigenvalue weighted by atomic mass is 10.1. The Morgan fingerprint density at radius 2 is 1.95 bits per heavy atom. The molecule has 0 aliphatic carbocycles. The molecule has 0 aliphatic heterocycles. The monoisotopic (exact) mass is 329 g/mol. The lowest BCUT2D eigenvalue weighted by Crippen LogP contribution is -2.25. The third-order valence-corrected chi connectivity index (χ3v) is 3.88. The first-order valence-corrected chi connectivity index (χ1v) is 8.10. The Morgan fingerprint density at radius 3 is 2.68 bits per heavy atom. The predicted octanol–water partition coefficient (Wildman–Crippen LogP) is 5.43. The molecule has 0 heterocycles. The van der Waals surface area contributed by atoms with E-state index in [-0.39, 0.29) is 5.82 Å². The number of hydrogen-bond donors (Lipinski definition) is 1. The second-order valence-electron chi connectivity index (χ2n) is 5.22. The molecule has 0 amide bonds. The highest BCUT2D eigenvalue weighted by Crippen LogP contribution is 2.16. The van der Waals surface area contributed by atoms with Crippen molar-refractivity contribution in [1.82, 2.24) is 5.32 Å². The fraction of sp³-hybridized carbons (Fsp3) is 0.625. The van der Waals surface area contributed by atoms with Gasteiger partial charge in [0.25, 0.3) is 0 Å². The second-order valence-corrected chi connectivity index (χ2v) is 6.14. The zero-order valence-electron chi connectivity index (χ0n) is 12.0. The molecule has 1 rings (SSSR count). The lowest BCUT2D eigenvalue weighted by Gasteiger charge is -2.14. The first-order chi connectivity index (χ1) is 9.13. The van der Waals surface area contributed by atoms with E-state index in [4.69, 9.17) is 0 Å². The molecule has 19 heavy (non-hydrogen) atoms. The fourth-order valence-corrected chi connectivity index (χ4v) is 2.53. The van der Waals surface area contributed by atoms with Crippen molar-refractivity contribution >= 4 is 15.9 Å². The largest absolute Gasteiger partial charge is 0.310 e. The van der Waals surface area contributed by atoms with E-state index < -0.39 is 0 Å². The summed E-state index contributed by atoms with van der Waals surface area (Å²) in [7, 11) is 0. The van der Waals surface area contributed by atoms with Gasteiger partial charge in [-0.2, -0.15) is 0 Å². The Morgan fingerprint density at radius 1 is 1.21 bits per heavy atom. The average Bonchev–Trinajstić information content (AvgIpc) is 2.39. The molecule has 108 valence electrons. The SMILES string of the molecule is CCCCCCCC(C)NCc1cc(Br)ccc1F. The minimum absolute atomic E-state index is 0.133. The molecule has 1 nitrogen and oxygen atoms in total. The molecule has 0 bridgehead atoms. The van der Waals surface area contributed by atoms with E-state index >= 15 is 0 Å². The maximum Gasteiger partial charge on any atom is 0.127 e. The minimum Gasteiger partial charge on any atom is -0.310 e. The highest BCUT2D eigenvalue weighted by molar-refractivity contribution is 9.10. The van der Waals surface area contributed by atoms with Gasteiger partial charge in [-0.05, 0) is 31.5 Å². The third-order valence-electron chi connectivity index (χ3n) is 3.39. The van der Waals surface area contributed by atoms with Crippen LogP contribution in [0.15, 0.2) is 22.7 Å². The van der Waals surface area contributed by atoms with Gasteiger partial charge in [0.2, 0.25) is 0 Å². The van der Waals surface area contributed by atoms with E-state index in [1.54, 1.807) is 6.07 Å². The quantitative estimate of drug-likeness (QED) is 0.596. The summed E-state index contributed by atoms with van der Waals surface area (Å²) < 4.78 is 14.5. The molecule has 1 N–H and O–H groups in total. The molecule has 1 aromatic rings. The molecule has 3 heteroatoms. The third kappa shape index (κ3) is 7.07. The van der Waals surface area contributed by atoms with Crippen molar-refractivity contribution in [3.05, 3.63) is 34.1 Å². The van der Waals surface area contributed by atoms with Gasteiger partial charge in [-0.25, -0.2) is 4.39 Å². The Labute approximate surface area is 125 Å². The number of hydrogen-bond acceptors (Lipinski definition) is 1. The van der Waals surface area contributed by atoms with Crippen LogP contribution in [0, 0.1) is 5.82 Å². The van der Waals surface area contributed by atoms with Crippen molar-refractivity contribution < 1.29 is 4.39 Å². The van der Waals surface area contributed by atoms with Crippen LogP contribution in [0.5, 0.6) is 0 Å². The molecule has 0 aromatic heterocycles. The summed E-state index contributed by atoms with van der Waals surface area (Å²) in [6.45, 7) is 5.01. The Balaban J connectivity index is 2.22. The number of halogens is 2. The van der Waals surface area contributed by atoms with Crippen LogP contribution in [-0.4, -0.2) is 6.04 Å². The van der Waals surface area contributed by atoms with E-state index in [0.29, 0.717) is 12.6 Å². The smallest absolute Gasteiger partial charge is 0.127 e. The Kier molecular flexibility index (Phi) is 8.31. The first kappa shape index (κ1) is 16.6. The molecule has 0 fully saturated rings. The second kappa shape index (κ2) is 9.49. The Hall–Kier alpha value is -0.410. The van der Waals surface area contributed by atoms with Gasteiger partial charge in [0.1, 0.15) is 5.82 Å². The van der Waals surface area contributed by atoms with Gasteiger partial charge >= 0.3 is 0 Å². The van der Waals surface area contributed by atoms with Crippen molar-refractivity contribution in [2.24, 2.45) is 0 Å². The molecule has 0 saturated carbocycles. The first-order valence-electron chi connectivity index (χ1n) is 7.30. The van der Waals surface area contributed by atoms with Crippen molar-refractivity contribution in [3.63, 3.8) is 0 Å². The Bertz CT molecular complexity index is 368. The minimum atomic E-state index is -0.133. The van der Waals surface area contributed by atoms with Crippen LogP contribution in [0.3, 0.4) is 0 Å². The molecule has 0 spiro atoms. The van der Waals surface area contributed by atoms with Gasteiger partial charge in [0.15, 0.2) is 0 Å². The predicted molar refractivity (Wildman–Crippen MR) is 83.8 cm³/mol. The summed E-state index contributed by atoms with van der Waals surface area (Å²) in [5.74, 6) is -0.133. The van der Waals surface area contributed by atoms with Crippen molar-refractivity contribution in [3.8, 4) is 0 Å². The van der Waals surface area contributed by atoms with Crippen LogP contribution < -0.4 is 5.32 Å². The van der Waals surface area contributed by atoms with Crippen molar-refractivity contribution in [2.75, 3.05) is 0 Å². The zero-order valence-corrected chi connectivity index (χ0v) is 13.6. The van der Waals surface area contributed by atoms with E-state index in [1.165, 1.54) is 44.6 Å². The summed E-state index contributed by atoms with van der Waals surface area (Å²) in [5, 5.41) is 3.40. The van der Waals surface area contributed by atoms with Crippen LogP contribution in [0.1, 0.15) is 57.9 Å². The maximum absolute atomic E-state index is 13.6. The van der Waals surface area contributed by atoms with Crippen LogP contribution in [0.25, 0.3) is 0 Å². The van der Waals surface area contributed by atoms with Crippen LogP contribution in [0.2, 0.25) is 0 Å². The van der Waals surface area contributed by atoms with Crippen molar-refractivity contribution in [1.29, 1.82) is 0 Å². The number of benzene rings is 1. The van der Waals surface area contributed by atoms with Crippen LogP contribution in [-0.2, 0) is 6.54 Å². The van der Waals surface area contributed by atoms with E-state index in [2.05, 4.69) is 35.1 Å². The van der Waals surface area contributed by atoms with Gasteiger partial charge in [-0.3, -0.25) is 0 Å². The molecule has 0 saturated heterocycles. The summed E-state index contributed by atoms with van der Waals surface area (Å²) in [5.41, 5.74) is 0.729. The fourth-order valence-electron chi connectivity index (χ4n) is 2.12. The van der Waals surface area contributed by atoms with Gasteiger partial charge < -0.3 is 5.32 Å². The van der Waals surface area contributed by atoms with Crippen LogP contribution >= 0.6 is 15.9 Å². The molecule has 1 aromatic carbocycles. The molecule has 1 atom stereocenters. The standard InChI is InChI=1S/C16H25BrFN/c1-3-4-5-6-7-8-13(2)19-12-14-11-15(17)9-10-16(14)18/h9-11,13,19H,3-8,12H2,1-2H3. The average molecular weight is 330 g/mol. The lowest BCUT2D eigenvalue weighted by molar-refractivity contribution is 0.472. The molecular formula is C16H25BrFN. The van der Waals surface area contributed by atoms with E-state index in [1.807, 2.05) is 6.07 Å². The number of rotatable bonds is 9. The zero-order chi connectivity index (χ0) is 14.1. The molecular weight excluding hydrogens is 305 g/mol. The van der Waals surface area contributed by atoms with Gasteiger partial charge in [-0.1, -0.05) is 55.0 Å². The van der Waals surface area contributed by atoms with Gasteiger partial charge in [0.05, 0.1) is 0 Å². The highest BCUT2D eigenvalue weighted by Gasteiger charge is 2.05. The summed E-state index contributed by atoms with van der Waals surface area (Å²) in [6.07, 6.45) is 7.70. The molecule has 0 aliphatic rings. The summed E-state index contributed by atoms with van der Waals surface area (Å²) in [6, 6.07) is 5.53. The van der Waals surface area contributed by atoms with Gasteiger partial charge in [-0.15, -0.1) is 0 Å². The van der Waals surface area contributed by atoms with Crippen molar-refractivity contribution in [2.45, 2.75) is 65.0 Å². The highest BCUT2D eigenvalue weighted by atomic mass is 79.9. The number of nitrogens with one attached hydrogen (secondary N) is 1. The summed E-state index contributed by atoms with van der Waals surface area (Å²) >= 11 is 3.37. The molecule has 0 radical (unpaired) electrons. The normalized spacial score (nSPS) is 12.6. The summed E-state index contributed by atoms with van der Waals surface area (Å²) in [4.78, 5) is 0. The van der Waals surface area contributed by atoms with Crippen LogP contribution in [0.4, 0.5) is 4.39 Å². The number of unbranched alkanes of at least 4 members (excludes halogenated alkanes) is 4. The van der Waals surface area contributed by atoms with Gasteiger partial charge in [0, 0.05) is 22.6 Å². The maximum atomic E-state index is 13.6. The molecule has 1 unspecified atom stereocenters. The topological polar surface area (TPSA) is 12.0 Å². The van der Waals surface area contributed by atoms with E-state index in [9.17, 15) is 4.39 Å².